The van der Waals surface area contributed by atoms with Crippen LogP contribution in [-0.2, 0) is 16.0 Å². The number of benzene rings is 1. The summed E-state index contributed by atoms with van der Waals surface area (Å²) in [7, 11) is 1.59. The number of para-hydroxylation sites is 1. The van der Waals surface area contributed by atoms with Gasteiger partial charge in [-0.2, -0.15) is 0 Å². The van der Waals surface area contributed by atoms with E-state index >= 15 is 0 Å². The van der Waals surface area contributed by atoms with E-state index in [1.807, 2.05) is 24.3 Å². The van der Waals surface area contributed by atoms with Gasteiger partial charge >= 0.3 is 0 Å². The lowest BCUT2D eigenvalue weighted by Crippen LogP contribution is -2.43. The van der Waals surface area contributed by atoms with Gasteiger partial charge in [0.25, 0.3) is 0 Å². The molecule has 0 unspecified atom stereocenters. The number of nitrogens with one attached hydrogen (secondary N) is 2. The largest absolute Gasteiger partial charge is 0.399 e. The molecule has 1 rings (SSSR count). The van der Waals surface area contributed by atoms with E-state index in [0.717, 1.165) is 5.56 Å². The van der Waals surface area contributed by atoms with Crippen LogP contribution in [0.5, 0.6) is 0 Å². The Kier molecular flexibility index (Phi) is 5.55. The highest BCUT2D eigenvalue weighted by Crippen LogP contribution is 2.14. The van der Waals surface area contributed by atoms with Crippen molar-refractivity contribution in [2.24, 2.45) is 5.41 Å². The maximum atomic E-state index is 11.8. The molecular weight excluding hydrogens is 254 g/mol. The van der Waals surface area contributed by atoms with Gasteiger partial charge in [-0.3, -0.25) is 9.59 Å². The molecule has 4 N–H and O–H groups in total. The summed E-state index contributed by atoms with van der Waals surface area (Å²) < 4.78 is 0. The van der Waals surface area contributed by atoms with Crippen molar-refractivity contribution in [3.8, 4) is 0 Å². The molecule has 0 radical (unpaired) electrons. The predicted molar refractivity (Wildman–Crippen MR) is 80.0 cm³/mol. The van der Waals surface area contributed by atoms with Crippen molar-refractivity contribution in [2.45, 2.75) is 26.7 Å². The number of hydrogen-bond donors (Lipinski definition) is 3. The van der Waals surface area contributed by atoms with Crippen LogP contribution in [0.3, 0.4) is 0 Å². The lowest BCUT2D eigenvalue weighted by atomic mass is 9.92. The normalized spacial score (nSPS) is 10.9. The van der Waals surface area contributed by atoms with Crippen molar-refractivity contribution in [3.05, 3.63) is 29.8 Å². The minimum absolute atomic E-state index is 0.0785. The minimum atomic E-state index is -0.615. The fourth-order valence-electron chi connectivity index (χ4n) is 1.84. The van der Waals surface area contributed by atoms with Crippen LogP contribution in [0.15, 0.2) is 24.3 Å². The SMILES string of the molecule is CNC(=O)C(C)(C)CNC(=O)CCc1ccccc1N. The first kappa shape index (κ1) is 16.0. The van der Waals surface area contributed by atoms with Gasteiger partial charge in [-0.25, -0.2) is 0 Å². The summed E-state index contributed by atoms with van der Waals surface area (Å²) in [6, 6.07) is 7.50. The van der Waals surface area contributed by atoms with Crippen molar-refractivity contribution in [1.29, 1.82) is 0 Å². The fourth-order valence-corrected chi connectivity index (χ4v) is 1.84. The number of nitrogen functional groups attached to an aromatic ring is 1. The van der Waals surface area contributed by atoms with Crippen LogP contribution in [0.2, 0.25) is 0 Å². The first-order valence-electron chi connectivity index (χ1n) is 6.69. The summed E-state index contributed by atoms with van der Waals surface area (Å²) in [5.41, 5.74) is 6.87. The second-order valence-corrected chi connectivity index (χ2v) is 5.44. The molecule has 0 heterocycles. The first-order valence-corrected chi connectivity index (χ1v) is 6.69. The molecule has 1 aromatic rings. The van der Waals surface area contributed by atoms with E-state index < -0.39 is 5.41 Å². The maximum Gasteiger partial charge on any atom is 0.227 e. The molecule has 0 atom stereocenters. The molecule has 0 saturated carbocycles. The van der Waals surface area contributed by atoms with Crippen LogP contribution in [0, 0.1) is 5.41 Å². The Labute approximate surface area is 119 Å². The number of aryl methyl sites for hydroxylation is 1. The number of carbonyl (C=O) groups excluding carboxylic acids is 2. The Morgan fingerprint density at radius 3 is 2.50 bits per heavy atom. The molecule has 0 aliphatic heterocycles. The first-order chi connectivity index (χ1) is 9.36. The van der Waals surface area contributed by atoms with Gasteiger partial charge in [0.05, 0.1) is 5.41 Å². The molecule has 0 bridgehead atoms. The molecule has 5 nitrogen and oxygen atoms in total. The smallest absolute Gasteiger partial charge is 0.227 e. The number of rotatable bonds is 6. The highest BCUT2D eigenvalue weighted by molar-refractivity contribution is 5.83. The Bertz CT molecular complexity index is 484. The quantitative estimate of drug-likeness (QED) is 0.681. The average Bonchev–Trinajstić information content (AvgIpc) is 2.43. The second-order valence-electron chi connectivity index (χ2n) is 5.44. The van der Waals surface area contributed by atoms with Crippen LogP contribution in [0.1, 0.15) is 25.8 Å². The van der Waals surface area contributed by atoms with Gasteiger partial charge in [-0.05, 0) is 31.9 Å². The standard InChI is InChI=1S/C15H23N3O2/c1-15(2,14(20)17-3)10-18-13(19)9-8-11-6-4-5-7-12(11)16/h4-7H,8-10,16H2,1-3H3,(H,17,20)(H,18,19). The Hall–Kier alpha value is -2.04. The molecular formula is C15H23N3O2. The van der Waals surface area contributed by atoms with Crippen LogP contribution in [-0.4, -0.2) is 25.4 Å². The number of anilines is 1. The summed E-state index contributed by atoms with van der Waals surface area (Å²) in [6.07, 6.45) is 0.955. The van der Waals surface area contributed by atoms with Crippen LogP contribution in [0.25, 0.3) is 0 Å². The topological polar surface area (TPSA) is 84.2 Å². The Morgan fingerprint density at radius 1 is 1.25 bits per heavy atom. The average molecular weight is 277 g/mol. The lowest BCUT2D eigenvalue weighted by Gasteiger charge is -2.22. The van der Waals surface area contributed by atoms with E-state index in [2.05, 4.69) is 10.6 Å². The fraction of sp³-hybridized carbons (Fsp3) is 0.467. The summed E-state index contributed by atoms with van der Waals surface area (Å²) in [6.45, 7) is 3.90. The van der Waals surface area contributed by atoms with Crippen molar-refractivity contribution in [3.63, 3.8) is 0 Å². The lowest BCUT2D eigenvalue weighted by molar-refractivity contribution is -0.129. The third-order valence-corrected chi connectivity index (χ3v) is 3.25. The zero-order valence-electron chi connectivity index (χ0n) is 12.3. The molecule has 20 heavy (non-hydrogen) atoms. The number of hydrogen-bond acceptors (Lipinski definition) is 3. The van der Waals surface area contributed by atoms with Crippen molar-refractivity contribution in [2.75, 3.05) is 19.3 Å². The summed E-state index contributed by atoms with van der Waals surface area (Å²) in [5, 5.41) is 5.37. The minimum Gasteiger partial charge on any atom is -0.399 e. The molecule has 0 aromatic heterocycles. The highest BCUT2D eigenvalue weighted by atomic mass is 16.2. The zero-order valence-corrected chi connectivity index (χ0v) is 12.3. The molecule has 5 heteroatoms. The van der Waals surface area contributed by atoms with Gasteiger partial charge in [0, 0.05) is 25.7 Å². The summed E-state index contributed by atoms with van der Waals surface area (Å²) in [4.78, 5) is 23.4. The monoisotopic (exact) mass is 277 g/mol. The number of carbonyl (C=O) groups is 2. The number of amides is 2. The van der Waals surface area contributed by atoms with Gasteiger partial charge in [0.2, 0.25) is 11.8 Å². The van der Waals surface area contributed by atoms with Crippen LogP contribution >= 0.6 is 0 Å². The maximum absolute atomic E-state index is 11.8. The van der Waals surface area contributed by atoms with Crippen LogP contribution in [0.4, 0.5) is 5.69 Å². The molecule has 0 fully saturated rings. The van der Waals surface area contributed by atoms with Crippen molar-refractivity contribution in [1.82, 2.24) is 10.6 Å². The molecule has 0 spiro atoms. The van der Waals surface area contributed by atoms with E-state index in [1.54, 1.807) is 20.9 Å². The molecule has 2 amide bonds. The number of nitrogens with two attached hydrogens (primary N) is 1. The van der Waals surface area contributed by atoms with Gasteiger partial charge in [-0.1, -0.05) is 18.2 Å². The Morgan fingerprint density at radius 2 is 1.90 bits per heavy atom. The molecule has 0 aliphatic rings. The van der Waals surface area contributed by atoms with Crippen molar-refractivity contribution >= 4 is 17.5 Å². The van der Waals surface area contributed by atoms with Crippen molar-refractivity contribution < 1.29 is 9.59 Å². The van der Waals surface area contributed by atoms with E-state index in [9.17, 15) is 9.59 Å². The highest BCUT2D eigenvalue weighted by Gasteiger charge is 2.26. The summed E-state index contributed by atoms with van der Waals surface area (Å²) >= 11 is 0. The van der Waals surface area contributed by atoms with E-state index in [4.69, 9.17) is 5.73 Å². The zero-order chi connectivity index (χ0) is 15.2. The Balaban J connectivity index is 2.42. The molecule has 1 aromatic carbocycles. The van der Waals surface area contributed by atoms with Gasteiger partial charge in [0.15, 0.2) is 0 Å². The van der Waals surface area contributed by atoms with Gasteiger partial charge in [-0.15, -0.1) is 0 Å². The van der Waals surface area contributed by atoms with Gasteiger partial charge in [0.1, 0.15) is 0 Å². The van der Waals surface area contributed by atoms with E-state index in [-0.39, 0.29) is 11.8 Å². The van der Waals surface area contributed by atoms with Gasteiger partial charge < -0.3 is 16.4 Å². The molecule has 0 aliphatic carbocycles. The van der Waals surface area contributed by atoms with Crippen LogP contribution < -0.4 is 16.4 Å². The molecule has 0 saturated heterocycles. The van der Waals surface area contributed by atoms with E-state index in [1.165, 1.54) is 0 Å². The third kappa shape index (κ3) is 4.57. The molecule has 110 valence electrons. The third-order valence-electron chi connectivity index (χ3n) is 3.25. The van der Waals surface area contributed by atoms with E-state index in [0.29, 0.717) is 25.1 Å². The predicted octanol–water partition coefficient (Wildman–Crippen LogP) is 1.09. The second kappa shape index (κ2) is 6.93. The summed E-state index contributed by atoms with van der Waals surface area (Å²) in [5.74, 6) is -0.171.